The molecule has 3 aromatic rings. The monoisotopic (exact) mass is 479 g/mol. The first-order chi connectivity index (χ1) is 15.1. The predicted molar refractivity (Wildman–Crippen MR) is 119 cm³/mol. The zero-order valence-corrected chi connectivity index (χ0v) is 19.5. The lowest BCUT2D eigenvalue weighted by Gasteiger charge is -2.30. The normalized spacial score (nSPS) is 23.4. The molecule has 0 aliphatic heterocycles. The van der Waals surface area contributed by atoms with Gasteiger partial charge in [-0.05, 0) is 56.1 Å². The van der Waals surface area contributed by atoms with Gasteiger partial charge >= 0.3 is 0 Å². The Morgan fingerprint density at radius 2 is 2.13 bits per heavy atom. The molecule has 2 aliphatic rings. The molecule has 2 aromatic heterocycles. The fraction of sp³-hybridized carbons (Fsp3) is 0.524. The fourth-order valence-electron chi connectivity index (χ4n) is 5.11. The number of ether oxygens (including phenoxy) is 1. The largest absolute Gasteiger partial charge is 0.483 e. The number of para-hydroxylation sites is 1. The van der Waals surface area contributed by atoms with E-state index in [2.05, 4.69) is 31.3 Å². The van der Waals surface area contributed by atoms with Crippen LogP contribution < -0.4 is 4.74 Å². The summed E-state index contributed by atoms with van der Waals surface area (Å²) in [6.45, 7) is 2.42. The van der Waals surface area contributed by atoms with E-state index in [9.17, 15) is 4.39 Å². The van der Waals surface area contributed by atoms with E-state index in [1.54, 1.807) is 30.0 Å². The van der Waals surface area contributed by atoms with Crippen molar-refractivity contribution in [3.63, 3.8) is 0 Å². The molecule has 4 atom stereocenters. The first-order valence-electron chi connectivity index (χ1n) is 10.5. The summed E-state index contributed by atoms with van der Waals surface area (Å²) in [7, 11) is 0. The van der Waals surface area contributed by atoms with Gasteiger partial charge < -0.3 is 4.74 Å². The van der Waals surface area contributed by atoms with Gasteiger partial charge in [-0.1, -0.05) is 46.4 Å². The molecule has 0 radical (unpaired) electrons. The maximum absolute atomic E-state index is 14.0. The molecule has 31 heavy (non-hydrogen) atoms. The second-order valence-corrected chi connectivity index (χ2v) is 10.6. The highest BCUT2D eigenvalue weighted by atomic mass is 35.5. The van der Waals surface area contributed by atoms with E-state index in [1.807, 2.05) is 0 Å². The highest BCUT2D eigenvalue weighted by molar-refractivity contribution is 7.98. The van der Waals surface area contributed by atoms with Crippen LogP contribution in [0.15, 0.2) is 29.4 Å². The lowest BCUT2D eigenvalue weighted by atomic mass is 9.84. The number of rotatable bonds is 8. The van der Waals surface area contributed by atoms with Crippen LogP contribution in [0.25, 0.3) is 0 Å². The van der Waals surface area contributed by atoms with Gasteiger partial charge in [0.25, 0.3) is 0 Å². The summed E-state index contributed by atoms with van der Waals surface area (Å²) >= 11 is 8.91. The summed E-state index contributed by atoms with van der Waals surface area (Å²) in [5.74, 6) is 3.34. The summed E-state index contributed by atoms with van der Waals surface area (Å²) in [6, 6.07) is 6.67. The van der Waals surface area contributed by atoms with Crippen molar-refractivity contribution in [3.05, 3.63) is 45.9 Å². The Morgan fingerprint density at radius 3 is 2.84 bits per heavy atom. The number of benzene rings is 1. The van der Waals surface area contributed by atoms with Crippen molar-refractivity contribution in [1.82, 2.24) is 24.4 Å². The standard InChI is InChI=1S/C21H23ClFN5OS2/c1-12(15-9-13-6-7-14(15)8-13)28-19(10-29-18-5-3-2-4-16(18)23)25-26-21(28)30-11-17-20(22)31-27-24-17/h2-5,12-15H,6-11H2,1H3. The Morgan fingerprint density at radius 1 is 1.26 bits per heavy atom. The Labute approximate surface area is 193 Å². The molecule has 5 rings (SSSR count). The second-order valence-electron chi connectivity index (χ2n) is 8.35. The predicted octanol–water partition coefficient (Wildman–Crippen LogP) is 5.79. The molecular weight excluding hydrogens is 457 g/mol. The summed E-state index contributed by atoms with van der Waals surface area (Å²) in [4.78, 5) is 0. The zero-order valence-electron chi connectivity index (χ0n) is 17.1. The molecule has 4 unspecified atom stereocenters. The van der Waals surface area contributed by atoms with Crippen molar-refractivity contribution < 1.29 is 9.13 Å². The van der Waals surface area contributed by atoms with Crippen LogP contribution in [0.3, 0.4) is 0 Å². The van der Waals surface area contributed by atoms with E-state index in [0.717, 1.165) is 22.7 Å². The second kappa shape index (κ2) is 9.03. The van der Waals surface area contributed by atoms with E-state index in [0.29, 0.717) is 21.8 Å². The molecule has 164 valence electrons. The third kappa shape index (κ3) is 4.32. The Hall–Kier alpha value is -1.71. The quantitative estimate of drug-likeness (QED) is 0.381. The minimum atomic E-state index is -0.380. The molecule has 10 heteroatoms. The fourth-order valence-corrected chi connectivity index (χ4v) is 6.88. The first kappa shape index (κ1) is 21.2. The average Bonchev–Trinajstić information content (AvgIpc) is 3.56. The summed E-state index contributed by atoms with van der Waals surface area (Å²) in [5, 5.41) is 13.8. The van der Waals surface area contributed by atoms with Gasteiger partial charge in [0.05, 0.1) is 0 Å². The molecule has 0 amide bonds. The van der Waals surface area contributed by atoms with Crippen molar-refractivity contribution in [2.24, 2.45) is 17.8 Å². The van der Waals surface area contributed by atoms with Gasteiger partial charge in [-0.25, -0.2) is 4.39 Å². The maximum Gasteiger partial charge on any atom is 0.191 e. The lowest BCUT2D eigenvalue weighted by molar-refractivity contribution is 0.215. The maximum atomic E-state index is 14.0. The first-order valence-corrected chi connectivity index (χ1v) is 12.6. The van der Waals surface area contributed by atoms with Crippen molar-refractivity contribution in [1.29, 1.82) is 0 Å². The molecule has 2 aliphatic carbocycles. The molecule has 0 spiro atoms. The molecule has 2 fully saturated rings. The van der Waals surface area contributed by atoms with Crippen LogP contribution in [0.4, 0.5) is 4.39 Å². The molecule has 0 saturated heterocycles. The Balaban J connectivity index is 1.39. The van der Waals surface area contributed by atoms with Crippen molar-refractivity contribution in [2.75, 3.05) is 0 Å². The van der Waals surface area contributed by atoms with Crippen LogP contribution in [0.1, 0.15) is 50.2 Å². The van der Waals surface area contributed by atoms with Crippen LogP contribution in [0.2, 0.25) is 4.34 Å². The van der Waals surface area contributed by atoms with Gasteiger partial charge in [-0.15, -0.1) is 15.3 Å². The third-order valence-corrected chi connectivity index (χ3v) is 8.53. The van der Waals surface area contributed by atoms with Crippen molar-refractivity contribution in [2.45, 2.75) is 56.2 Å². The molecule has 2 bridgehead atoms. The summed E-state index contributed by atoms with van der Waals surface area (Å²) in [6.07, 6.45) is 5.26. The Kier molecular flexibility index (Phi) is 6.16. The number of fused-ring (bicyclic) bond motifs is 2. The minimum Gasteiger partial charge on any atom is -0.483 e. The number of thioether (sulfide) groups is 1. The number of nitrogens with zero attached hydrogens (tertiary/aromatic N) is 5. The van der Waals surface area contributed by atoms with E-state index >= 15 is 0 Å². The lowest BCUT2D eigenvalue weighted by Crippen LogP contribution is -2.24. The molecule has 0 N–H and O–H groups in total. The molecule has 2 saturated carbocycles. The van der Waals surface area contributed by atoms with Gasteiger partial charge in [0.2, 0.25) is 0 Å². The highest BCUT2D eigenvalue weighted by Gasteiger charge is 2.43. The number of hydrogen-bond donors (Lipinski definition) is 0. The van der Waals surface area contributed by atoms with E-state index in [-0.39, 0.29) is 24.2 Å². The van der Waals surface area contributed by atoms with Crippen molar-refractivity contribution in [3.8, 4) is 5.75 Å². The topological polar surface area (TPSA) is 65.7 Å². The van der Waals surface area contributed by atoms with Gasteiger partial charge in [-0.3, -0.25) is 4.57 Å². The molecular formula is C21H23ClFN5OS2. The van der Waals surface area contributed by atoms with Crippen LogP contribution >= 0.6 is 34.9 Å². The minimum absolute atomic E-state index is 0.165. The van der Waals surface area contributed by atoms with E-state index < -0.39 is 0 Å². The van der Waals surface area contributed by atoms with Crippen LogP contribution in [0.5, 0.6) is 5.75 Å². The van der Waals surface area contributed by atoms with Gasteiger partial charge in [0, 0.05) is 23.3 Å². The molecule has 6 nitrogen and oxygen atoms in total. The van der Waals surface area contributed by atoms with E-state index in [4.69, 9.17) is 16.3 Å². The van der Waals surface area contributed by atoms with Crippen molar-refractivity contribution >= 4 is 34.9 Å². The highest BCUT2D eigenvalue weighted by Crippen LogP contribution is 2.52. The summed E-state index contributed by atoms with van der Waals surface area (Å²) < 4.78 is 26.5. The SMILES string of the molecule is CC(C1CC2CCC1C2)n1c(COc2ccccc2F)nnc1SCc1nnsc1Cl. The number of hydrogen-bond acceptors (Lipinski definition) is 7. The molecule has 2 heterocycles. The zero-order chi connectivity index (χ0) is 21.4. The smallest absolute Gasteiger partial charge is 0.191 e. The van der Waals surface area contributed by atoms with Crippen LogP contribution in [-0.4, -0.2) is 24.4 Å². The third-order valence-electron chi connectivity index (χ3n) is 6.60. The number of aromatic nitrogens is 5. The van der Waals surface area contributed by atoms with Crippen LogP contribution in [0, 0.1) is 23.6 Å². The Bertz CT molecular complexity index is 1060. The average molecular weight is 480 g/mol. The molecule has 1 aromatic carbocycles. The van der Waals surface area contributed by atoms with Gasteiger partial charge in [0.15, 0.2) is 22.5 Å². The van der Waals surface area contributed by atoms with Gasteiger partial charge in [-0.2, -0.15) is 0 Å². The number of halogens is 2. The summed E-state index contributed by atoms with van der Waals surface area (Å²) in [5.41, 5.74) is 0.753. The van der Waals surface area contributed by atoms with Gasteiger partial charge in [0.1, 0.15) is 16.6 Å². The van der Waals surface area contributed by atoms with E-state index in [1.165, 1.54) is 43.3 Å². The van der Waals surface area contributed by atoms with Crippen LogP contribution in [-0.2, 0) is 12.4 Å².